The lowest BCUT2D eigenvalue weighted by atomic mass is 10.1. The van der Waals surface area contributed by atoms with E-state index >= 15 is 0 Å². The molecule has 0 aromatic heterocycles. The number of hydrogen-bond acceptors (Lipinski definition) is 3. The molecule has 1 unspecified atom stereocenters. The van der Waals surface area contributed by atoms with Crippen molar-refractivity contribution >= 4 is 23.2 Å². The lowest BCUT2D eigenvalue weighted by Gasteiger charge is -2.34. The number of benzene rings is 2. The molecule has 2 amide bonds. The SMILES string of the molecule is CCN(C(=O)CN1C(=O)C(C)Oc2ccc(C)cc21)c1ccccc1. The van der Waals surface area contributed by atoms with E-state index in [1.807, 2.05) is 62.4 Å². The fourth-order valence-electron chi connectivity index (χ4n) is 3.01. The maximum Gasteiger partial charge on any atom is 0.268 e. The highest BCUT2D eigenvalue weighted by Gasteiger charge is 2.33. The Balaban J connectivity index is 1.89. The molecule has 0 saturated carbocycles. The Morgan fingerprint density at radius 1 is 1.20 bits per heavy atom. The number of amides is 2. The van der Waals surface area contributed by atoms with E-state index in [2.05, 4.69) is 0 Å². The molecule has 1 aliphatic rings. The number of carbonyl (C=O) groups excluding carboxylic acids is 2. The van der Waals surface area contributed by atoms with Gasteiger partial charge in [-0.3, -0.25) is 14.5 Å². The maximum atomic E-state index is 12.9. The average molecular weight is 338 g/mol. The molecule has 1 aliphatic heterocycles. The molecule has 2 aromatic rings. The minimum absolute atomic E-state index is 0.00821. The molecule has 0 fully saturated rings. The van der Waals surface area contributed by atoms with E-state index in [1.165, 1.54) is 4.90 Å². The summed E-state index contributed by atoms with van der Waals surface area (Å²) in [6, 6.07) is 15.1. The molecular formula is C20H22N2O3. The number of para-hydroxylation sites is 1. The van der Waals surface area contributed by atoms with E-state index < -0.39 is 6.10 Å². The Morgan fingerprint density at radius 2 is 1.92 bits per heavy atom. The van der Waals surface area contributed by atoms with Crippen molar-refractivity contribution in [2.45, 2.75) is 26.9 Å². The molecule has 25 heavy (non-hydrogen) atoms. The summed E-state index contributed by atoms with van der Waals surface area (Å²) < 4.78 is 5.67. The third-order valence-corrected chi connectivity index (χ3v) is 4.30. The van der Waals surface area contributed by atoms with Crippen LogP contribution in [0.5, 0.6) is 5.75 Å². The largest absolute Gasteiger partial charge is 0.479 e. The topological polar surface area (TPSA) is 49.9 Å². The number of likely N-dealkylation sites (N-methyl/N-ethyl adjacent to an activating group) is 1. The average Bonchev–Trinajstić information content (AvgIpc) is 2.61. The van der Waals surface area contributed by atoms with Gasteiger partial charge in [-0.25, -0.2) is 0 Å². The van der Waals surface area contributed by atoms with Crippen LogP contribution in [0.4, 0.5) is 11.4 Å². The van der Waals surface area contributed by atoms with Crippen molar-refractivity contribution in [3.8, 4) is 5.75 Å². The van der Waals surface area contributed by atoms with Crippen LogP contribution in [0.1, 0.15) is 19.4 Å². The van der Waals surface area contributed by atoms with Gasteiger partial charge in [0.05, 0.1) is 5.69 Å². The fraction of sp³-hybridized carbons (Fsp3) is 0.300. The number of fused-ring (bicyclic) bond motifs is 1. The molecule has 5 nitrogen and oxygen atoms in total. The van der Waals surface area contributed by atoms with Crippen LogP contribution in [0.15, 0.2) is 48.5 Å². The van der Waals surface area contributed by atoms with E-state index in [0.29, 0.717) is 18.0 Å². The van der Waals surface area contributed by atoms with E-state index in [0.717, 1.165) is 11.3 Å². The third kappa shape index (κ3) is 3.36. The quantitative estimate of drug-likeness (QED) is 0.860. The zero-order valence-electron chi connectivity index (χ0n) is 14.7. The number of hydrogen-bond donors (Lipinski definition) is 0. The van der Waals surface area contributed by atoms with Crippen LogP contribution in [0.2, 0.25) is 0 Å². The van der Waals surface area contributed by atoms with Crippen molar-refractivity contribution in [1.29, 1.82) is 0 Å². The Morgan fingerprint density at radius 3 is 2.60 bits per heavy atom. The van der Waals surface area contributed by atoms with Gasteiger partial charge in [0.2, 0.25) is 5.91 Å². The van der Waals surface area contributed by atoms with Gasteiger partial charge in [0.25, 0.3) is 5.91 Å². The molecule has 0 aliphatic carbocycles. The summed E-state index contributed by atoms with van der Waals surface area (Å²) in [5.74, 6) is 0.312. The summed E-state index contributed by atoms with van der Waals surface area (Å²) in [4.78, 5) is 28.7. The highest BCUT2D eigenvalue weighted by molar-refractivity contribution is 6.06. The minimum Gasteiger partial charge on any atom is -0.479 e. The van der Waals surface area contributed by atoms with E-state index in [9.17, 15) is 9.59 Å². The number of nitrogens with zero attached hydrogens (tertiary/aromatic N) is 2. The standard InChI is InChI=1S/C20H22N2O3/c1-4-21(16-8-6-5-7-9-16)19(23)13-22-17-12-14(2)10-11-18(17)25-15(3)20(22)24/h5-12,15H,4,13H2,1-3H3. The van der Waals surface area contributed by atoms with Gasteiger partial charge in [-0.1, -0.05) is 24.3 Å². The molecule has 5 heteroatoms. The van der Waals surface area contributed by atoms with Crippen LogP contribution >= 0.6 is 0 Å². The van der Waals surface area contributed by atoms with Crippen molar-refractivity contribution in [1.82, 2.24) is 0 Å². The predicted octanol–water partition coefficient (Wildman–Crippen LogP) is 3.16. The van der Waals surface area contributed by atoms with Crippen molar-refractivity contribution in [2.24, 2.45) is 0 Å². The fourth-order valence-corrected chi connectivity index (χ4v) is 3.01. The molecular weight excluding hydrogens is 316 g/mol. The van der Waals surface area contributed by atoms with Gasteiger partial charge in [-0.2, -0.15) is 0 Å². The summed E-state index contributed by atoms with van der Waals surface area (Å²) in [7, 11) is 0. The Bertz CT molecular complexity index is 789. The Labute approximate surface area is 147 Å². The number of carbonyl (C=O) groups is 2. The van der Waals surface area contributed by atoms with Gasteiger partial charge in [0.1, 0.15) is 12.3 Å². The summed E-state index contributed by atoms with van der Waals surface area (Å²) in [5, 5.41) is 0. The zero-order valence-corrected chi connectivity index (χ0v) is 14.7. The van der Waals surface area contributed by atoms with Crippen LogP contribution in [-0.2, 0) is 9.59 Å². The lowest BCUT2D eigenvalue weighted by Crippen LogP contribution is -2.49. The van der Waals surface area contributed by atoms with Gasteiger partial charge in [-0.15, -0.1) is 0 Å². The Hall–Kier alpha value is -2.82. The van der Waals surface area contributed by atoms with E-state index in [1.54, 1.807) is 11.8 Å². The lowest BCUT2D eigenvalue weighted by molar-refractivity contribution is -0.127. The monoisotopic (exact) mass is 338 g/mol. The number of ether oxygens (including phenoxy) is 1. The minimum atomic E-state index is -0.602. The van der Waals surface area contributed by atoms with Crippen LogP contribution in [0, 0.1) is 6.92 Å². The molecule has 130 valence electrons. The summed E-state index contributed by atoms with van der Waals surface area (Å²) in [6.07, 6.45) is -0.602. The van der Waals surface area contributed by atoms with Crippen LogP contribution < -0.4 is 14.5 Å². The van der Waals surface area contributed by atoms with Crippen molar-refractivity contribution < 1.29 is 14.3 Å². The summed E-state index contributed by atoms with van der Waals surface area (Å²) >= 11 is 0. The zero-order chi connectivity index (χ0) is 18.0. The van der Waals surface area contributed by atoms with Crippen molar-refractivity contribution in [3.05, 3.63) is 54.1 Å². The highest BCUT2D eigenvalue weighted by Crippen LogP contribution is 2.34. The molecule has 3 rings (SSSR count). The van der Waals surface area contributed by atoms with Crippen molar-refractivity contribution in [3.63, 3.8) is 0 Å². The van der Waals surface area contributed by atoms with Crippen LogP contribution in [-0.4, -0.2) is 31.0 Å². The molecule has 0 bridgehead atoms. The molecule has 0 radical (unpaired) electrons. The van der Waals surface area contributed by atoms with E-state index in [4.69, 9.17) is 4.74 Å². The van der Waals surface area contributed by atoms with Crippen LogP contribution in [0.25, 0.3) is 0 Å². The summed E-state index contributed by atoms with van der Waals surface area (Å²) in [6.45, 7) is 6.11. The highest BCUT2D eigenvalue weighted by atomic mass is 16.5. The second-order valence-electron chi connectivity index (χ2n) is 6.13. The van der Waals surface area contributed by atoms with Gasteiger partial charge < -0.3 is 9.64 Å². The first-order chi connectivity index (χ1) is 12.0. The normalized spacial score (nSPS) is 16.2. The number of aryl methyl sites for hydroxylation is 1. The summed E-state index contributed by atoms with van der Waals surface area (Å²) in [5.41, 5.74) is 2.49. The first-order valence-electron chi connectivity index (χ1n) is 8.45. The number of rotatable bonds is 4. The molecule has 2 aromatic carbocycles. The van der Waals surface area contributed by atoms with Gasteiger partial charge in [0.15, 0.2) is 6.10 Å². The van der Waals surface area contributed by atoms with Gasteiger partial charge in [0, 0.05) is 12.2 Å². The molecule has 1 heterocycles. The van der Waals surface area contributed by atoms with Gasteiger partial charge in [-0.05, 0) is 50.6 Å². The van der Waals surface area contributed by atoms with Crippen LogP contribution in [0.3, 0.4) is 0 Å². The second kappa shape index (κ2) is 6.97. The maximum absolute atomic E-state index is 12.9. The predicted molar refractivity (Wildman–Crippen MR) is 98.1 cm³/mol. The van der Waals surface area contributed by atoms with E-state index in [-0.39, 0.29) is 18.4 Å². The Kier molecular flexibility index (Phi) is 4.74. The first-order valence-corrected chi connectivity index (χ1v) is 8.45. The first kappa shape index (κ1) is 17.0. The molecule has 0 saturated heterocycles. The second-order valence-corrected chi connectivity index (χ2v) is 6.13. The molecule has 1 atom stereocenters. The molecule has 0 spiro atoms. The third-order valence-electron chi connectivity index (χ3n) is 4.30. The van der Waals surface area contributed by atoms with Crippen molar-refractivity contribution in [2.75, 3.05) is 22.9 Å². The smallest absolute Gasteiger partial charge is 0.268 e. The van der Waals surface area contributed by atoms with Gasteiger partial charge >= 0.3 is 0 Å². The number of anilines is 2. The molecule has 0 N–H and O–H groups in total.